The average Bonchev–Trinajstić information content (AvgIpc) is 2.86. The van der Waals surface area contributed by atoms with Crippen LogP contribution in [0, 0.1) is 0 Å². The summed E-state index contributed by atoms with van der Waals surface area (Å²) >= 11 is 10.5. The minimum absolute atomic E-state index is 0.239. The van der Waals surface area contributed by atoms with E-state index in [1.807, 2.05) is 48.5 Å². The van der Waals surface area contributed by atoms with Crippen LogP contribution >= 0.6 is 47.8 Å². The fraction of sp³-hybridized carbons (Fsp3) is 0.0625. The van der Waals surface area contributed by atoms with E-state index in [4.69, 9.17) is 0 Å². The number of carboxylic acids is 1. The Balaban J connectivity index is 2.30. The Morgan fingerprint density at radius 1 is 1.00 bits per heavy atom. The molecule has 3 nitrogen and oxygen atoms in total. The molecule has 112 valence electrons. The lowest BCUT2D eigenvalue weighted by Gasteiger charge is -2.15. The van der Waals surface area contributed by atoms with Gasteiger partial charge in [-0.05, 0) is 29.8 Å². The Labute approximate surface area is 152 Å². The normalized spacial score (nSPS) is 11.8. The largest absolute Gasteiger partial charge is 0.477 e. The summed E-state index contributed by atoms with van der Waals surface area (Å²) in [5.41, 5.74) is 2.82. The zero-order valence-electron chi connectivity index (χ0n) is 11.1. The molecule has 0 aliphatic rings. The molecule has 0 unspecified atom stereocenters. The number of rotatable bonds is 2. The summed E-state index contributed by atoms with van der Waals surface area (Å²) in [4.78, 5) is 11.6. The van der Waals surface area contributed by atoms with Crippen LogP contribution in [-0.4, -0.2) is 15.6 Å². The summed E-state index contributed by atoms with van der Waals surface area (Å²) < 4.78 is 1.20. The highest BCUT2D eigenvalue weighted by molar-refractivity contribution is 9.38. The van der Waals surface area contributed by atoms with Gasteiger partial charge in [0.15, 0.2) is 2.14 Å². The van der Waals surface area contributed by atoms with Gasteiger partial charge in [-0.3, -0.25) is 0 Å². The van der Waals surface area contributed by atoms with Crippen LogP contribution < -0.4 is 0 Å². The summed E-state index contributed by atoms with van der Waals surface area (Å²) in [6, 6.07) is 17.0. The first-order valence-corrected chi connectivity index (χ1v) is 8.77. The minimum atomic E-state index is -0.954. The van der Waals surface area contributed by atoms with Gasteiger partial charge in [0, 0.05) is 11.1 Å². The van der Waals surface area contributed by atoms with E-state index in [-0.39, 0.29) is 5.69 Å². The molecule has 6 heteroatoms. The van der Waals surface area contributed by atoms with E-state index in [1.165, 1.54) is 0 Å². The Morgan fingerprint density at radius 2 is 1.73 bits per heavy atom. The summed E-state index contributed by atoms with van der Waals surface area (Å²) in [5, 5.41) is 10.4. The van der Waals surface area contributed by atoms with E-state index in [9.17, 15) is 9.90 Å². The van der Waals surface area contributed by atoms with Gasteiger partial charge >= 0.3 is 5.97 Å². The predicted molar refractivity (Wildman–Crippen MR) is 98.7 cm³/mol. The topological polar surface area (TPSA) is 42.2 Å². The maximum atomic E-state index is 11.6. The molecule has 1 N–H and O–H groups in total. The quantitative estimate of drug-likeness (QED) is 0.476. The lowest BCUT2D eigenvalue weighted by atomic mass is 10.2. The number of benzene rings is 2. The third kappa shape index (κ3) is 2.87. The van der Waals surface area contributed by atoms with Gasteiger partial charge in [-0.2, -0.15) is 0 Å². The Morgan fingerprint density at radius 3 is 2.41 bits per heavy atom. The lowest BCUT2D eigenvalue weighted by molar-refractivity contribution is 0.0688. The van der Waals surface area contributed by atoms with Gasteiger partial charge in [-0.25, -0.2) is 4.79 Å². The van der Waals surface area contributed by atoms with Crippen molar-refractivity contribution in [1.82, 2.24) is 4.57 Å². The smallest absolute Gasteiger partial charge is 0.352 e. The van der Waals surface area contributed by atoms with Crippen molar-refractivity contribution in [2.75, 3.05) is 0 Å². The number of para-hydroxylation sites is 1. The van der Waals surface area contributed by atoms with Gasteiger partial charge in [-0.1, -0.05) is 78.1 Å². The molecule has 1 aromatic heterocycles. The fourth-order valence-corrected chi connectivity index (χ4v) is 3.15. The molecule has 22 heavy (non-hydrogen) atoms. The zero-order valence-corrected chi connectivity index (χ0v) is 15.9. The molecular formula is C16H10Br3NO2. The molecule has 0 spiro atoms. The number of fused-ring (bicyclic) bond motifs is 1. The highest BCUT2D eigenvalue weighted by Crippen LogP contribution is 2.44. The number of nitrogens with zero attached hydrogens (tertiary/aromatic N) is 1. The molecule has 3 rings (SSSR count). The van der Waals surface area contributed by atoms with Gasteiger partial charge in [0.2, 0.25) is 0 Å². The maximum Gasteiger partial charge on any atom is 0.352 e. The minimum Gasteiger partial charge on any atom is -0.477 e. The van der Waals surface area contributed by atoms with Crippen molar-refractivity contribution in [3.63, 3.8) is 0 Å². The molecule has 0 bridgehead atoms. The molecule has 0 aliphatic heterocycles. The number of carboxylic acid groups (broad SMARTS) is 1. The van der Waals surface area contributed by atoms with Crippen LogP contribution in [0.3, 0.4) is 0 Å². The van der Waals surface area contributed by atoms with Crippen LogP contribution in [0.4, 0.5) is 0 Å². The first-order chi connectivity index (χ1) is 10.4. The van der Waals surface area contributed by atoms with Crippen LogP contribution in [0.2, 0.25) is 0 Å². The highest BCUT2D eigenvalue weighted by atomic mass is 80.0. The fourth-order valence-electron chi connectivity index (χ4n) is 2.41. The molecule has 0 atom stereocenters. The van der Waals surface area contributed by atoms with Gasteiger partial charge in [-0.15, -0.1) is 0 Å². The number of hydrogen-bond donors (Lipinski definition) is 1. The number of carbonyl (C=O) groups is 1. The number of alkyl halides is 3. The molecule has 2 aromatic carbocycles. The molecule has 0 fully saturated rings. The molecule has 0 amide bonds. The monoisotopic (exact) mass is 485 g/mol. The van der Waals surface area contributed by atoms with Crippen LogP contribution in [0.15, 0.2) is 54.6 Å². The second-order valence-corrected chi connectivity index (χ2v) is 11.5. The second kappa shape index (κ2) is 5.83. The van der Waals surface area contributed by atoms with Gasteiger partial charge in [0.25, 0.3) is 0 Å². The zero-order chi connectivity index (χ0) is 15.9. The Hall–Kier alpha value is -1.11. The molecule has 1 heterocycles. The van der Waals surface area contributed by atoms with Crippen molar-refractivity contribution in [2.24, 2.45) is 0 Å². The van der Waals surface area contributed by atoms with Crippen LogP contribution in [-0.2, 0) is 2.14 Å². The van der Waals surface area contributed by atoms with E-state index in [0.29, 0.717) is 0 Å². The van der Waals surface area contributed by atoms with Crippen molar-refractivity contribution >= 4 is 64.7 Å². The van der Waals surface area contributed by atoms with Crippen molar-refractivity contribution in [3.05, 3.63) is 65.9 Å². The first-order valence-electron chi connectivity index (χ1n) is 6.39. The van der Waals surface area contributed by atoms with Crippen molar-refractivity contribution in [2.45, 2.75) is 2.14 Å². The molecule has 0 radical (unpaired) electrons. The van der Waals surface area contributed by atoms with Crippen molar-refractivity contribution in [3.8, 4) is 5.69 Å². The van der Waals surface area contributed by atoms with Crippen LogP contribution in [0.25, 0.3) is 16.6 Å². The van der Waals surface area contributed by atoms with Gasteiger partial charge in [0.1, 0.15) is 5.69 Å². The molecule has 0 saturated carbocycles. The van der Waals surface area contributed by atoms with E-state index < -0.39 is 8.11 Å². The number of aromatic carboxylic acids is 1. The summed E-state index contributed by atoms with van der Waals surface area (Å²) in [7, 11) is 0. The lowest BCUT2D eigenvalue weighted by Crippen LogP contribution is -2.07. The third-order valence-electron chi connectivity index (χ3n) is 3.36. The number of hydrogen-bond acceptors (Lipinski definition) is 1. The van der Waals surface area contributed by atoms with E-state index in [1.54, 1.807) is 10.6 Å². The standard InChI is InChI=1S/C16H10Br3NO2/c17-16(18,19)11-5-3-6-12(9-11)20-13-7-2-1-4-10(13)8-14(20)15(21)22/h1-9H,(H,21,22). The molecular weight excluding hydrogens is 478 g/mol. The first kappa shape index (κ1) is 15.8. The number of aromatic nitrogens is 1. The third-order valence-corrected chi connectivity index (χ3v) is 4.74. The van der Waals surface area contributed by atoms with Crippen LogP contribution in [0.5, 0.6) is 0 Å². The van der Waals surface area contributed by atoms with E-state index in [2.05, 4.69) is 47.8 Å². The molecule has 0 saturated heterocycles. The van der Waals surface area contributed by atoms with Gasteiger partial charge < -0.3 is 9.67 Å². The van der Waals surface area contributed by atoms with Gasteiger partial charge in [0.05, 0.1) is 5.52 Å². The van der Waals surface area contributed by atoms with Crippen LogP contribution in [0.1, 0.15) is 16.1 Å². The summed E-state index contributed by atoms with van der Waals surface area (Å²) in [6.45, 7) is 0. The molecule has 3 aromatic rings. The molecule has 0 aliphatic carbocycles. The summed E-state index contributed by atoms with van der Waals surface area (Å²) in [6.07, 6.45) is 0. The average molecular weight is 488 g/mol. The van der Waals surface area contributed by atoms with E-state index in [0.717, 1.165) is 22.2 Å². The maximum absolute atomic E-state index is 11.6. The van der Waals surface area contributed by atoms with E-state index >= 15 is 0 Å². The Kier molecular flexibility index (Phi) is 4.18. The van der Waals surface area contributed by atoms with Crippen molar-refractivity contribution in [1.29, 1.82) is 0 Å². The Bertz CT molecular complexity index is 865. The van der Waals surface area contributed by atoms with Crippen molar-refractivity contribution < 1.29 is 9.90 Å². The highest BCUT2D eigenvalue weighted by Gasteiger charge is 2.22. The number of halogens is 3. The SMILES string of the molecule is O=C(O)c1cc2ccccc2n1-c1cccc(C(Br)(Br)Br)c1. The summed E-state index contributed by atoms with van der Waals surface area (Å²) in [5.74, 6) is -0.954. The predicted octanol–water partition coefficient (Wildman–Crippen LogP) is 5.62. The second-order valence-electron chi connectivity index (χ2n) is 4.78.